The number of anilines is 1. The molecule has 1 unspecified atom stereocenters. The average Bonchev–Trinajstić information content (AvgIpc) is 2.84. The van der Waals surface area contributed by atoms with Crippen molar-refractivity contribution in [3.05, 3.63) is 28.8 Å². The summed E-state index contributed by atoms with van der Waals surface area (Å²) < 4.78 is 0. The van der Waals surface area contributed by atoms with E-state index in [0.29, 0.717) is 16.6 Å². The van der Waals surface area contributed by atoms with Gasteiger partial charge in [0.15, 0.2) is 0 Å². The van der Waals surface area contributed by atoms with Crippen molar-refractivity contribution in [1.29, 1.82) is 0 Å². The second kappa shape index (κ2) is 6.07. The quantitative estimate of drug-likeness (QED) is 0.764. The van der Waals surface area contributed by atoms with Crippen molar-refractivity contribution in [2.24, 2.45) is 5.73 Å². The third-order valence-electron chi connectivity index (χ3n) is 3.22. The summed E-state index contributed by atoms with van der Waals surface area (Å²) in [6, 6.07) is 5.73. The Kier molecular flexibility index (Phi) is 4.44. The molecule has 0 aromatic heterocycles. The van der Waals surface area contributed by atoms with Crippen molar-refractivity contribution < 1.29 is 4.79 Å². The minimum atomic E-state index is -0.459. The van der Waals surface area contributed by atoms with Gasteiger partial charge in [-0.3, -0.25) is 4.79 Å². The van der Waals surface area contributed by atoms with Gasteiger partial charge < -0.3 is 16.4 Å². The van der Waals surface area contributed by atoms with Gasteiger partial charge in [0.1, 0.15) is 0 Å². The SMILES string of the molecule is NC(=O)c1cc(Cl)ccc1NCCC1CCCN1. The Hall–Kier alpha value is -1.26. The summed E-state index contributed by atoms with van der Waals surface area (Å²) in [5.41, 5.74) is 6.53. The standard InChI is InChI=1S/C13H18ClN3O/c14-9-3-4-12(11(8-9)13(15)18)17-7-5-10-2-1-6-16-10/h3-4,8,10,16-17H,1-2,5-7H2,(H2,15,18). The van der Waals surface area contributed by atoms with Crippen LogP contribution in [0.2, 0.25) is 5.02 Å². The number of hydrogen-bond acceptors (Lipinski definition) is 3. The number of carbonyl (C=O) groups excluding carboxylic acids is 1. The predicted octanol–water partition coefficient (Wildman–Crippen LogP) is 1.99. The lowest BCUT2D eigenvalue weighted by molar-refractivity contribution is 0.100. The number of primary amides is 1. The zero-order valence-electron chi connectivity index (χ0n) is 10.2. The number of amides is 1. The molecule has 5 heteroatoms. The Labute approximate surface area is 112 Å². The lowest BCUT2D eigenvalue weighted by atomic mass is 10.1. The van der Waals surface area contributed by atoms with Crippen molar-refractivity contribution in [2.75, 3.05) is 18.4 Å². The first kappa shape index (κ1) is 13.2. The molecule has 0 bridgehead atoms. The third-order valence-corrected chi connectivity index (χ3v) is 3.45. The van der Waals surface area contributed by atoms with Crippen molar-refractivity contribution in [2.45, 2.75) is 25.3 Å². The maximum absolute atomic E-state index is 11.3. The highest BCUT2D eigenvalue weighted by molar-refractivity contribution is 6.31. The van der Waals surface area contributed by atoms with Gasteiger partial charge in [-0.15, -0.1) is 0 Å². The van der Waals surface area contributed by atoms with Crippen molar-refractivity contribution in [3.8, 4) is 0 Å². The van der Waals surface area contributed by atoms with E-state index < -0.39 is 5.91 Å². The topological polar surface area (TPSA) is 67.2 Å². The molecule has 1 aromatic carbocycles. The molecule has 0 spiro atoms. The van der Waals surface area contributed by atoms with Gasteiger partial charge in [-0.25, -0.2) is 0 Å². The third kappa shape index (κ3) is 3.37. The van der Waals surface area contributed by atoms with Gasteiger partial charge in [0, 0.05) is 23.3 Å². The maximum Gasteiger partial charge on any atom is 0.250 e. The fourth-order valence-corrected chi connectivity index (χ4v) is 2.43. The summed E-state index contributed by atoms with van der Waals surface area (Å²) in [6.07, 6.45) is 3.52. The number of nitrogens with one attached hydrogen (secondary N) is 2. The fourth-order valence-electron chi connectivity index (χ4n) is 2.26. The molecule has 2 rings (SSSR count). The second-order valence-corrected chi connectivity index (χ2v) is 5.00. The summed E-state index contributed by atoms with van der Waals surface area (Å²) in [4.78, 5) is 11.3. The van der Waals surface area contributed by atoms with E-state index in [0.717, 1.165) is 25.2 Å². The van der Waals surface area contributed by atoms with Crippen molar-refractivity contribution in [1.82, 2.24) is 5.32 Å². The molecule has 1 aliphatic heterocycles. The van der Waals surface area contributed by atoms with Gasteiger partial charge in [0.2, 0.25) is 0 Å². The minimum absolute atomic E-state index is 0.446. The van der Waals surface area contributed by atoms with E-state index in [1.54, 1.807) is 18.2 Å². The highest BCUT2D eigenvalue weighted by Crippen LogP contribution is 2.20. The van der Waals surface area contributed by atoms with Crippen LogP contribution in [0.25, 0.3) is 0 Å². The lowest BCUT2D eigenvalue weighted by Crippen LogP contribution is -2.24. The van der Waals surface area contributed by atoms with Gasteiger partial charge in [-0.1, -0.05) is 11.6 Å². The van der Waals surface area contributed by atoms with E-state index in [9.17, 15) is 4.79 Å². The second-order valence-electron chi connectivity index (χ2n) is 4.56. The molecule has 1 aromatic rings. The van der Waals surface area contributed by atoms with Crippen LogP contribution < -0.4 is 16.4 Å². The zero-order valence-corrected chi connectivity index (χ0v) is 11.0. The van der Waals surface area contributed by atoms with E-state index in [1.807, 2.05) is 0 Å². The van der Waals surface area contributed by atoms with Crippen LogP contribution in [0.5, 0.6) is 0 Å². The zero-order chi connectivity index (χ0) is 13.0. The number of carbonyl (C=O) groups is 1. The van der Waals surface area contributed by atoms with Crippen molar-refractivity contribution >= 4 is 23.2 Å². The molecule has 1 fully saturated rings. The molecule has 18 heavy (non-hydrogen) atoms. The molecule has 0 radical (unpaired) electrons. The first-order chi connectivity index (χ1) is 8.66. The van der Waals surface area contributed by atoms with Gasteiger partial charge >= 0.3 is 0 Å². The molecule has 1 heterocycles. The molecular formula is C13H18ClN3O. The predicted molar refractivity (Wildman–Crippen MR) is 74.1 cm³/mol. The first-order valence-electron chi connectivity index (χ1n) is 6.23. The highest BCUT2D eigenvalue weighted by atomic mass is 35.5. The number of rotatable bonds is 5. The van der Waals surface area contributed by atoms with Gasteiger partial charge in [0.05, 0.1) is 5.56 Å². The Morgan fingerprint density at radius 3 is 3.06 bits per heavy atom. The maximum atomic E-state index is 11.3. The van der Waals surface area contributed by atoms with Crippen LogP contribution in [0.1, 0.15) is 29.6 Å². The van der Waals surface area contributed by atoms with E-state index >= 15 is 0 Å². The summed E-state index contributed by atoms with van der Waals surface area (Å²) in [6.45, 7) is 1.93. The molecule has 4 nitrogen and oxygen atoms in total. The number of benzene rings is 1. The monoisotopic (exact) mass is 267 g/mol. The molecule has 0 aliphatic carbocycles. The molecule has 4 N–H and O–H groups in total. The van der Waals surface area contributed by atoms with E-state index in [1.165, 1.54) is 12.8 Å². The van der Waals surface area contributed by atoms with Gasteiger partial charge in [-0.2, -0.15) is 0 Å². The average molecular weight is 268 g/mol. The number of nitrogens with two attached hydrogens (primary N) is 1. The van der Waals surface area contributed by atoms with Gasteiger partial charge in [-0.05, 0) is 44.0 Å². The van der Waals surface area contributed by atoms with E-state index in [4.69, 9.17) is 17.3 Å². The van der Waals surface area contributed by atoms with Crippen LogP contribution in [0.3, 0.4) is 0 Å². The Balaban J connectivity index is 1.93. The Morgan fingerprint density at radius 2 is 2.39 bits per heavy atom. The van der Waals surface area contributed by atoms with Crippen LogP contribution >= 0.6 is 11.6 Å². The molecule has 98 valence electrons. The summed E-state index contributed by atoms with van der Waals surface area (Å²) in [5.74, 6) is -0.459. The molecule has 1 saturated heterocycles. The van der Waals surface area contributed by atoms with Crippen LogP contribution in [-0.4, -0.2) is 25.0 Å². The molecule has 1 amide bonds. The highest BCUT2D eigenvalue weighted by Gasteiger charge is 2.14. The lowest BCUT2D eigenvalue weighted by Gasteiger charge is -2.13. The number of halogens is 1. The minimum Gasteiger partial charge on any atom is -0.384 e. The van der Waals surface area contributed by atoms with Crippen LogP contribution in [0.4, 0.5) is 5.69 Å². The molecule has 1 atom stereocenters. The van der Waals surface area contributed by atoms with Gasteiger partial charge in [0.25, 0.3) is 5.91 Å². The Morgan fingerprint density at radius 1 is 1.56 bits per heavy atom. The largest absolute Gasteiger partial charge is 0.384 e. The summed E-state index contributed by atoms with van der Waals surface area (Å²) in [7, 11) is 0. The summed E-state index contributed by atoms with van der Waals surface area (Å²) in [5, 5.41) is 7.21. The van der Waals surface area contributed by atoms with E-state index in [-0.39, 0.29) is 0 Å². The van der Waals surface area contributed by atoms with Crippen LogP contribution in [0, 0.1) is 0 Å². The molecule has 0 saturated carbocycles. The Bertz CT molecular complexity index is 430. The normalized spacial score (nSPS) is 18.8. The fraction of sp³-hybridized carbons (Fsp3) is 0.462. The summed E-state index contributed by atoms with van der Waals surface area (Å²) >= 11 is 5.85. The van der Waals surface area contributed by atoms with E-state index in [2.05, 4.69) is 10.6 Å². The smallest absolute Gasteiger partial charge is 0.250 e. The van der Waals surface area contributed by atoms with Crippen LogP contribution in [0.15, 0.2) is 18.2 Å². The van der Waals surface area contributed by atoms with Crippen molar-refractivity contribution in [3.63, 3.8) is 0 Å². The molecule has 1 aliphatic rings. The van der Waals surface area contributed by atoms with Crippen LogP contribution in [-0.2, 0) is 0 Å². The first-order valence-corrected chi connectivity index (χ1v) is 6.61. The number of hydrogen-bond donors (Lipinski definition) is 3. The molecular weight excluding hydrogens is 250 g/mol.